The van der Waals surface area contributed by atoms with E-state index in [1.165, 1.54) is 0 Å². The zero-order valence-electron chi connectivity index (χ0n) is 14.6. The van der Waals surface area contributed by atoms with E-state index in [-0.39, 0.29) is 24.6 Å². The van der Waals surface area contributed by atoms with Crippen molar-refractivity contribution in [2.24, 2.45) is 17.8 Å². The summed E-state index contributed by atoms with van der Waals surface area (Å²) in [7, 11) is 0. The number of esters is 1. The average Bonchev–Trinajstić information content (AvgIpc) is 3.22. The topological polar surface area (TPSA) is 55.8 Å². The van der Waals surface area contributed by atoms with Gasteiger partial charge < -0.3 is 14.4 Å². The van der Waals surface area contributed by atoms with Crippen LogP contribution in [0.5, 0.6) is 0 Å². The number of carbonyl (C=O) groups is 2. The van der Waals surface area contributed by atoms with Crippen molar-refractivity contribution >= 4 is 11.9 Å². The van der Waals surface area contributed by atoms with Crippen molar-refractivity contribution in [2.45, 2.75) is 32.2 Å². The van der Waals surface area contributed by atoms with Gasteiger partial charge in [-0.15, -0.1) is 0 Å². The molecule has 0 N–H and O–H groups in total. The minimum absolute atomic E-state index is 0.0159. The quantitative estimate of drug-likeness (QED) is 0.608. The molecule has 0 saturated carbocycles. The molecule has 0 aliphatic carbocycles. The predicted octanol–water partition coefficient (Wildman–Crippen LogP) is 2.17. The third-order valence-corrected chi connectivity index (χ3v) is 5.26. The summed E-state index contributed by atoms with van der Waals surface area (Å²) >= 11 is 0. The van der Waals surface area contributed by atoms with E-state index in [1.807, 2.05) is 47.4 Å². The van der Waals surface area contributed by atoms with Gasteiger partial charge >= 0.3 is 5.97 Å². The van der Waals surface area contributed by atoms with Crippen LogP contribution >= 0.6 is 0 Å². The fourth-order valence-corrected chi connectivity index (χ4v) is 4.27. The molecule has 3 aliphatic rings. The van der Waals surface area contributed by atoms with Crippen molar-refractivity contribution in [3.63, 3.8) is 0 Å². The summed E-state index contributed by atoms with van der Waals surface area (Å²) in [5, 5.41) is 0. The van der Waals surface area contributed by atoms with Crippen LogP contribution in [0.4, 0.5) is 0 Å². The number of rotatable bonds is 5. The van der Waals surface area contributed by atoms with Gasteiger partial charge in [0, 0.05) is 6.54 Å². The molecule has 0 radical (unpaired) electrons. The van der Waals surface area contributed by atoms with Crippen LogP contribution < -0.4 is 0 Å². The molecule has 1 aromatic carbocycles. The normalized spacial score (nSPS) is 32.5. The Kier molecular flexibility index (Phi) is 3.91. The molecule has 0 aromatic heterocycles. The molecule has 0 unspecified atom stereocenters. The van der Waals surface area contributed by atoms with E-state index >= 15 is 0 Å². The van der Waals surface area contributed by atoms with E-state index in [0.29, 0.717) is 19.0 Å². The van der Waals surface area contributed by atoms with Crippen LogP contribution in [-0.2, 0) is 25.7 Å². The van der Waals surface area contributed by atoms with E-state index in [4.69, 9.17) is 9.47 Å². The lowest BCUT2D eigenvalue weighted by molar-refractivity contribution is -0.155. The van der Waals surface area contributed by atoms with Gasteiger partial charge in [-0.1, -0.05) is 56.3 Å². The summed E-state index contributed by atoms with van der Waals surface area (Å²) in [4.78, 5) is 27.4. The SMILES string of the molecule is CC(C)CN1C[C@@]23C=C[C@@H](O2)[C@H](C(=O)OCc2ccccc2)[C@@H]3C1=O. The maximum absolute atomic E-state index is 12.9. The van der Waals surface area contributed by atoms with Crippen LogP contribution in [0.3, 0.4) is 0 Å². The standard InChI is InChI=1S/C20H23NO4/c1-13(2)10-21-12-20-9-8-15(25-20)16(17(20)18(21)22)19(23)24-11-14-6-4-3-5-7-14/h3-9,13,15-17H,10-12H2,1-2H3/t15-,16+,17-,20-/m1/s1. The Balaban J connectivity index is 1.50. The van der Waals surface area contributed by atoms with Gasteiger partial charge in [-0.05, 0) is 11.5 Å². The smallest absolute Gasteiger partial charge is 0.313 e. The second kappa shape index (κ2) is 5.99. The molecule has 2 fully saturated rings. The van der Waals surface area contributed by atoms with E-state index < -0.39 is 17.4 Å². The molecule has 3 heterocycles. The zero-order valence-corrected chi connectivity index (χ0v) is 14.6. The number of amides is 1. The van der Waals surface area contributed by atoms with Crippen molar-refractivity contribution in [2.75, 3.05) is 13.1 Å². The van der Waals surface area contributed by atoms with E-state index in [9.17, 15) is 9.59 Å². The molecule has 132 valence electrons. The number of likely N-dealkylation sites (tertiary alicyclic amines) is 1. The number of hydrogen-bond acceptors (Lipinski definition) is 4. The highest BCUT2D eigenvalue weighted by Gasteiger charge is 2.67. The lowest BCUT2D eigenvalue weighted by Crippen LogP contribution is -2.40. The van der Waals surface area contributed by atoms with Gasteiger partial charge in [-0.2, -0.15) is 0 Å². The second-order valence-corrected chi connectivity index (χ2v) is 7.61. The molecule has 25 heavy (non-hydrogen) atoms. The first kappa shape index (κ1) is 16.3. The molecule has 1 aromatic rings. The summed E-state index contributed by atoms with van der Waals surface area (Å²) in [6.45, 7) is 5.60. The monoisotopic (exact) mass is 341 g/mol. The van der Waals surface area contributed by atoms with Gasteiger partial charge in [0.1, 0.15) is 18.1 Å². The van der Waals surface area contributed by atoms with Crippen molar-refractivity contribution in [3.05, 3.63) is 48.0 Å². The second-order valence-electron chi connectivity index (χ2n) is 7.61. The Morgan fingerprint density at radius 1 is 1.36 bits per heavy atom. The maximum Gasteiger partial charge on any atom is 0.313 e. The van der Waals surface area contributed by atoms with Gasteiger partial charge in [0.05, 0.1) is 18.6 Å². The predicted molar refractivity (Wildman–Crippen MR) is 91.4 cm³/mol. The fraction of sp³-hybridized carbons (Fsp3) is 0.500. The summed E-state index contributed by atoms with van der Waals surface area (Å²) in [5.74, 6) is -0.946. The number of ether oxygens (including phenoxy) is 2. The zero-order chi connectivity index (χ0) is 17.6. The number of benzene rings is 1. The first-order chi connectivity index (χ1) is 12.0. The first-order valence-electron chi connectivity index (χ1n) is 8.87. The molecule has 2 bridgehead atoms. The first-order valence-corrected chi connectivity index (χ1v) is 8.87. The van der Waals surface area contributed by atoms with Crippen LogP contribution in [-0.4, -0.2) is 41.6 Å². The molecule has 4 atom stereocenters. The molecule has 5 heteroatoms. The van der Waals surface area contributed by atoms with Crippen molar-refractivity contribution in [1.82, 2.24) is 4.90 Å². The van der Waals surface area contributed by atoms with Crippen LogP contribution in [0.25, 0.3) is 0 Å². The molecule has 3 aliphatic heterocycles. The van der Waals surface area contributed by atoms with Crippen molar-refractivity contribution in [3.8, 4) is 0 Å². The van der Waals surface area contributed by atoms with E-state index in [0.717, 1.165) is 5.56 Å². The molecule has 5 nitrogen and oxygen atoms in total. The molecular formula is C20H23NO4. The van der Waals surface area contributed by atoms with Crippen LogP contribution in [0, 0.1) is 17.8 Å². The summed E-state index contributed by atoms with van der Waals surface area (Å²) < 4.78 is 11.6. The van der Waals surface area contributed by atoms with Crippen LogP contribution in [0.2, 0.25) is 0 Å². The Bertz CT molecular complexity index is 714. The van der Waals surface area contributed by atoms with Gasteiger partial charge in [-0.25, -0.2) is 0 Å². The summed E-state index contributed by atoms with van der Waals surface area (Å²) in [6, 6.07) is 9.57. The minimum atomic E-state index is -0.646. The Labute approximate surface area is 147 Å². The molecular weight excluding hydrogens is 318 g/mol. The highest BCUT2D eigenvalue weighted by atomic mass is 16.6. The molecule has 1 amide bonds. The third kappa shape index (κ3) is 2.67. The Morgan fingerprint density at radius 2 is 2.12 bits per heavy atom. The highest BCUT2D eigenvalue weighted by molar-refractivity contribution is 5.91. The fourth-order valence-electron chi connectivity index (χ4n) is 4.27. The number of carbonyl (C=O) groups excluding carboxylic acids is 2. The average molecular weight is 341 g/mol. The number of nitrogens with zero attached hydrogens (tertiary/aromatic N) is 1. The largest absolute Gasteiger partial charge is 0.460 e. The Hall–Kier alpha value is -2.14. The summed E-state index contributed by atoms with van der Waals surface area (Å²) in [6.07, 6.45) is 3.54. The third-order valence-electron chi connectivity index (χ3n) is 5.26. The molecule has 1 spiro atoms. The van der Waals surface area contributed by atoms with Crippen LogP contribution in [0.15, 0.2) is 42.5 Å². The Morgan fingerprint density at radius 3 is 2.84 bits per heavy atom. The lowest BCUT2D eigenvalue weighted by atomic mass is 9.77. The molecule has 2 saturated heterocycles. The van der Waals surface area contributed by atoms with Crippen molar-refractivity contribution in [1.29, 1.82) is 0 Å². The van der Waals surface area contributed by atoms with Crippen molar-refractivity contribution < 1.29 is 19.1 Å². The lowest BCUT2D eigenvalue weighted by Gasteiger charge is -2.23. The number of hydrogen-bond donors (Lipinski definition) is 0. The van der Waals surface area contributed by atoms with E-state index in [2.05, 4.69) is 13.8 Å². The summed E-state index contributed by atoms with van der Waals surface area (Å²) in [5.41, 5.74) is 0.289. The minimum Gasteiger partial charge on any atom is -0.460 e. The maximum atomic E-state index is 12.9. The number of fused-ring (bicyclic) bond motifs is 1. The van der Waals surface area contributed by atoms with Gasteiger partial charge in [-0.3, -0.25) is 9.59 Å². The molecule has 4 rings (SSSR count). The van der Waals surface area contributed by atoms with Gasteiger partial charge in [0.2, 0.25) is 5.91 Å². The van der Waals surface area contributed by atoms with Gasteiger partial charge in [0.25, 0.3) is 0 Å². The van der Waals surface area contributed by atoms with Crippen LogP contribution in [0.1, 0.15) is 19.4 Å². The van der Waals surface area contributed by atoms with Gasteiger partial charge in [0.15, 0.2) is 0 Å². The van der Waals surface area contributed by atoms with E-state index in [1.54, 1.807) is 0 Å². The highest BCUT2D eigenvalue weighted by Crippen LogP contribution is 2.52.